The van der Waals surface area contributed by atoms with Gasteiger partial charge in [0.1, 0.15) is 0 Å². The van der Waals surface area contributed by atoms with Crippen molar-refractivity contribution in [3.63, 3.8) is 0 Å². The summed E-state index contributed by atoms with van der Waals surface area (Å²) in [5, 5.41) is 0. The number of hydrogen-bond donors (Lipinski definition) is 0. The lowest BCUT2D eigenvalue weighted by molar-refractivity contribution is 0.145. The molecule has 0 N–H and O–H groups in total. The molecular weight excluding hydrogens is 376 g/mol. The molecule has 0 amide bonds. The molecule has 0 radical (unpaired) electrons. The molecule has 0 aromatic rings. The summed E-state index contributed by atoms with van der Waals surface area (Å²) in [4.78, 5) is 0. The zero-order valence-corrected chi connectivity index (χ0v) is 20.7. The van der Waals surface area contributed by atoms with Gasteiger partial charge >= 0.3 is 0 Å². The van der Waals surface area contributed by atoms with Gasteiger partial charge in [-0.25, -0.2) is 8.42 Å². The molecule has 3 heteroatoms. The van der Waals surface area contributed by atoms with Crippen molar-refractivity contribution in [1.29, 1.82) is 0 Å². The lowest BCUT2D eigenvalue weighted by Gasteiger charge is -2.43. The Morgan fingerprint density at radius 2 is 1.24 bits per heavy atom. The van der Waals surface area contributed by atoms with E-state index in [2.05, 4.69) is 13.8 Å². The van der Waals surface area contributed by atoms with Crippen LogP contribution in [0, 0.1) is 17.8 Å². The standard InChI is InChI=1S/C26H50O2S/c1-4-7-9-10-12-20-26(29(27,28)6-3)21-18-25(19-22-26)24-16-14-23(15-17-24)13-11-8-5-2/h23-25H,4-22H2,1-3H3. The van der Waals surface area contributed by atoms with Crippen LogP contribution in [0.2, 0.25) is 0 Å². The van der Waals surface area contributed by atoms with Crippen molar-refractivity contribution < 1.29 is 8.42 Å². The quantitative estimate of drug-likeness (QED) is 0.279. The average Bonchev–Trinajstić information content (AvgIpc) is 2.74. The Kier molecular flexibility index (Phi) is 11.1. The van der Waals surface area contributed by atoms with E-state index in [9.17, 15) is 8.42 Å². The Hall–Kier alpha value is -0.0500. The Bertz CT molecular complexity index is 523. The summed E-state index contributed by atoms with van der Waals surface area (Å²) < 4.78 is 25.7. The SMILES string of the molecule is CCCCCCCC1(S(=O)(=O)CC)CCC(C2CCC(CCCCC)CC2)CC1. The molecule has 2 rings (SSSR count). The van der Waals surface area contributed by atoms with Gasteiger partial charge in [-0.1, -0.05) is 91.4 Å². The van der Waals surface area contributed by atoms with E-state index in [0.29, 0.717) is 5.75 Å². The van der Waals surface area contributed by atoms with Crippen LogP contribution >= 0.6 is 0 Å². The fourth-order valence-corrected chi connectivity index (χ4v) is 8.27. The van der Waals surface area contributed by atoms with Crippen LogP contribution in [0.3, 0.4) is 0 Å². The van der Waals surface area contributed by atoms with Crippen LogP contribution < -0.4 is 0 Å². The first-order valence-electron chi connectivity index (χ1n) is 13.2. The Morgan fingerprint density at radius 1 is 0.690 bits per heavy atom. The van der Waals surface area contributed by atoms with E-state index in [0.717, 1.165) is 43.4 Å². The molecule has 0 aliphatic heterocycles. The highest BCUT2D eigenvalue weighted by Gasteiger charge is 2.45. The maximum absolute atomic E-state index is 13.0. The van der Waals surface area contributed by atoms with Gasteiger partial charge in [0, 0.05) is 5.75 Å². The van der Waals surface area contributed by atoms with Gasteiger partial charge in [0.15, 0.2) is 9.84 Å². The van der Waals surface area contributed by atoms with Crippen LogP contribution in [0.15, 0.2) is 0 Å². The highest BCUT2D eigenvalue weighted by Crippen LogP contribution is 2.47. The van der Waals surface area contributed by atoms with Gasteiger partial charge < -0.3 is 0 Å². The van der Waals surface area contributed by atoms with Crippen LogP contribution in [0.25, 0.3) is 0 Å². The number of hydrogen-bond acceptors (Lipinski definition) is 2. The van der Waals surface area contributed by atoms with Gasteiger partial charge in [-0.15, -0.1) is 0 Å². The third-order valence-corrected chi connectivity index (χ3v) is 11.2. The second-order valence-electron chi connectivity index (χ2n) is 10.4. The number of sulfone groups is 1. The lowest BCUT2D eigenvalue weighted by Crippen LogP contribution is -2.44. The summed E-state index contributed by atoms with van der Waals surface area (Å²) in [7, 11) is -2.95. The molecule has 2 nitrogen and oxygen atoms in total. The summed E-state index contributed by atoms with van der Waals surface area (Å²) in [5.41, 5.74) is 0. The monoisotopic (exact) mass is 426 g/mol. The molecule has 0 atom stereocenters. The first-order chi connectivity index (χ1) is 14.0. The van der Waals surface area contributed by atoms with E-state index in [1.165, 1.54) is 89.9 Å². The van der Waals surface area contributed by atoms with Gasteiger partial charge in [-0.3, -0.25) is 0 Å². The average molecular weight is 427 g/mol. The first-order valence-corrected chi connectivity index (χ1v) is 14.9. The third kappa shape index (κ3) is 7.25. The van der Waals surface area contributed by atoms with Crippen molar-refractivity contribution in [2.45, 2.75) is 141 Å². The molecule has 172 valence electrons. The molecule has 2 fully saturated rings. The second kappa shape index (κ2) is 12.7. The number of rotatable bonds is 13. The maximum atomic E-state index is 13.0. The summed E-state index contributed by atoms with van der Waals surface area (Å²) >= 11 is 0. The molecule has 0 unspecified atom stereocenters. The molecule has 0 spiro atoms. The van der Waals surface area contributed by atoms with Crippen LogP contribution in [0.5, 0.6) is 0 Å². The van der Waals surface area contributed by atoms with Crippen molar-refractivity contribution in [3.05, 3.63) is 0 Å². The minimum Gasteiger partial charge on any atom is -0.228 e. The van der Waals surface area contributed by atoms with Gasteiger partial charge in [0.25, 0.3) is 0 Å². The smallest absolute Gasteiger partial charge is 0.155 e. The van der Waals surface area contributed by atoms with E-state index in [4.69, 9.17) is 0 Å². The highest BCUT2D eigenvalue weighted by atomic mass is 32.2. The van der Waals surface area contributed by atoms with Gasteiger partial charge in [0.05, 0.1) is 4.75 Å². The molecule has 2 saturated carbocycles. The van der Waals surface area contributed by atoms with E-state index < -0.39 is 9.84 Å². The zero-order valence-electron chi connectivity index (χ0n) is 19.9. The molecule has 2 aliphatic rings. The van der Waals surface area contributed by atoms with Crippen molar-refractivity contribution in [1.82, 2.24) is 0 Å². The minimum atomic E-state index is -2.95. The van der Waals surface area contributed by atoms with E-state index in [-0.39, 0.29) is 4.75 Å². The van der Waals surface area contributed by atoms with Gasteiger partial charge in [-0.2, -0.15) is 0 Å². The molecule has 29 heavy (non-hydrogen) atoms. The summed E-state index contributed by atoms with van der Waals surface area (Å²) in [5.74, 6) is 2.98. The summed E-state index contributed by atoms with van der Waals surface area (Å²) in [6.45, 7) is 6.40. The normalized spacial score (nSPS) is 31.1. The van der Waals surface area contributed by atoms with Gasteiger partial charge in [0.2, 0.25) is 0 Å². The van der Waals surface area contributed by atoms with Crippen molar-refractivity contribution in [2.24, 2.45) is 17.8 Å². The second-order valence-corrected chi connectivity index (χ2v) is 13.0. The predicted octanol–water partition coefficient (Wildman–Crippen LogP) is 8.10. The Balaban J connectivity index is 1.83. The van der Waals surface area contributed by atoms with E-state index >= 15 is 0 Å². The van der Waals surface area contributed by atoms with Crippen LogP contribution in [-0.2, 0) is 9.84 Å². The van der Waals surface area contributed by atoms with Crippen molar-refractivity contribution in [2.75, 3.05) is 5.75 Å². The lowest BCUT2D eigenvalue weighted by atomic mass is 9.68. The predicted molar refractivity (Wildman–Crippen MR) is 127 cm³/mol. The molecule has 0 aromatic carbocycles. The van der Waals surface area contributed by atoms with E-state index in [1.807, 2.05) is 6.92 Å². The molecule has 0 aromatic heterocycles. The third-order valence-electron chi connectivity index (χ3n) is 8.49. The van der Waals surface area contributed by atoms with Crippen LogP contribution in [0.4, 0.5) is 0 Å². The van der Waals surface area contributed by atoms with Crippen molar-refractivity contribution >= 4 is 9.84 Å². The van der Waals surface area contributed by atoms with Crippen LogP contribution in [-0.4, -0.2) is 18.9 Å². The zero-order chi connectivity index (χ0) is 21.2. The minimum absolute atomic E-state index is 0.329. The first kappa shape index (κ1) is 25.2. The molecule has 0 bridgehead atoms. The largest absolute Gasteiger partial charge is 0.228 e. The molecule has 2 aliphatic carbocycles. The Morgan fingerprint density at radius 3 is 1.83 bits per heavy atom. The molecular formula is C26H50O2S. The highest BCUT2D eigenvalue weighted by molar-refractivity contribution is 7.92. The molecule has 0 heterocycles. The topological polar surface area (TPSA) is 34.1 Å². The summed E-state index contributed by atoms with van der Waals surface area (Å²) in [6, 6.07) is 0. The fourth-order valence-electron chi connectivity index (χ4n) is 6.34. The molecule has 0 saturated heterocycles. The van der Waals surface area contributed by atoms with Crippen molar-refractivity contribution in [3.8, 4) is 0 Å². The van der Waals surface area contributed by atoms with E-state index in [1.54, 1.807) is 0 Å². The van der Waals surface area contributed by atoms with Gasteiger partial charge in [-0.05, 0) is 62.7 Å². The maximum Gasteiger partial charge on any atom is 0.155 e. The van der Waals surface area contributed by atoms with Crippen LogP contribution in [0.1, 0.15) is 136 Å². The Labute approximate surface area is 182 Å². The fraction of sp³-hybridized carbons (Fsp3) is 1.00. The number of unbranched alkanes of at least 4 members (excludes halogenated alkanes) is 6. The summed E-state index contributed by atoms with van der Waals surface area (Å²) in [6.07, 6.45) is 22.5.